The molecule has 0 amide bonds. The second-order valence-electron chi connectivity index (χ2n) is 16.1. The van der Waals surface area contributed by atoms with E-state index >= 15 is 0 Å². The zero-order valence-electron chi connectivity index (χ0n) is 50.5. The van der Waals surface area contributed by atoms with Gasteiger partial charge in [0.25, 0.3) is 6.33 Å². The van der Waals surface area contributed by atoms with Crippen LogP contribution in [0.2, 0.25) is 0 Å². The second-order valence-corrected chi connectivity index (χ2v) is 16.1. The molecule has 62 heavy (non-hydrogen) atoms. The van der Waals surface area contributed by atoms with Gasteiger partial charge in [0.2, 0.25) is 0 Å². The number of hydrogen-bond acceptors (Lipinski definition) is 2. The molecule has 7 aromatic carbocycles. The minimum absolute atomic E-state index is 0. The second kappa shape index (κ2) is 14.8. The molecule has 0 unspecified atom stereocenters. The smallest absolute Gasteiger partial charge is 0.253 e. The van der Waals surface area contributed by atoms with E-state index in [1.807, 2.05) is 47.0 Å². The molecular formula is C56H45N4OPt-. The van der Waals surface area contributed by atoms with Gasteiger partial charge in [0.05, 0.1) is 11.0 Å². The Morgan fingerprint density at radius 3 is 2.06 bits per heavy atom. The molecule has 0 atom stereocenters. The van der Waals surface area contributed by atoms with Crippen molar-refractivity contribution in [2.24, 2.45) is 0 Å². The summed E-state index contributed by atoms with van der Waals surface area (Å²) >= 11 is 0. The van der Waals surface area contributed by atoms with Crippen molar-refractivity contribution in [1.82, 2.24) is 14.1 Å². The summed E-state index contributed by atoms with van der Waals surface area (Å²) in [6, 6.07) is 30.1. The third-order valence-corrected chi connectivity index (χ3v) is 11.2. The molecule has 4 heterocycles. The Kier molecular flexibility index (Phi) is 5.92. The Hall–Kier alpha value is -6.55. The first-order valence-electron chi connectivity index (χ1n) is 28.1. The van der Waals surface area contributed by atoms with Gasteiger partial charge in [0.1, 0.15) is 11.5 Å². The van der Waals surface area contributed by atoms with Crippen LogP contribution in [0.4, 0.5) is 0 Å². The fourth-order valence-electron chi connectivity index (χ4n) is 8.42. The molecule has 5 nitrogen and oxygen atoms in total. The van der Waals surface area contributed by atoms with Gasteiger partial charge in [-0.1, -0.05) is 144 Å². The standard InChI is InChI=1S/C56H45N4O.Pt/c1-55(2,3)36-30-31-57-52(32-36)60-49-26-12-11-22-44(49)45-29-28-39(34-51(45)60)61-38-17-13-16-37(33-38)58-35-59-53-46(23-14-25-48(53)56(4,5)6)42-20-9-7-18-40(42)41-19-8-10-21-43(41)47-24-15-27-50(58)54(47)59;/h7-32,35H,1-6H3;/q-1;/i4D3,5D3,6D3,7D,8D,9D,10D,18D,19D,20D,21D;. The number of fused-ring (bicyclic) bond motifs is 10. The van der Waals surface area contributed by atoms with E-state index < -0.39 is 96.7 Å². The number of hydrogen-bond donors (Lipinski definition) is 0. The SMILES string of the molecule is [2H]c1c([2H])c([2H])c2c(c1[2H])-c1cccc(C(C([2H])([2H])[2H])(C([2H])([2H])[2H])C([2H])([2H])[2H])c1-[n+]1cn(-c3[c-]c(Oc4[c-]c5c(cc4)c4ccccc4n5-c4cc(C(C)(C)C)ccn4)ccc3)c3cccc(c31)-c1c([2H])c([2H])c([2H])c([2H])c1-2.[Pt]. The first-order valence-corrected chi connectivity index (χ1v) is 19.6. The minimum atomic E-state index is -3.82. The fraction of sp³-hybridized carbons (Fsp3) is 0.143. The number of nitrogens with zero attached hydrogens (tertiary/aromatic N) is 4. The maximum absolute atomic E-state index is 9.50. The zero-order valence-corrected chi connectivity index (χ0v) is 35.8. The minimum Gasteiger partial charge on any atom is -0.509 e. The van der Waals surface area contributed by atoms with Crippen LogP contribution in [-0.2, 0) is 31.9 Å². The molecule has 6 heteroatoms. The monoisotopic (exact) mass is 1000 g/mol. The normalized spacial score (nSPS) is 16.8. The average Bonchev–Trinajstić information content (AvgIpc) is 4.20. The van der Waals surface area contributed by atoms with Crippen molar-refractivity contribution < 1.29 is 53.7 Å². The van der Waals surface area contributed by atoms with Crippen molar-refractivity contribution >= 4 is 32.8 Å². The molecule has 0 saturated heterocycles. The van der Waals surface area contributed by atoms with E-state index in [1.165, 1.54) is 29.1 Å². The van der Waals surface area contributed by atoms with E-state index in [0.29, 0.717) is 17.1 Å². The molecule has 1 aliphatic heterocycles. The van der Waals surface area contributed by atoms with Crippen LogP contribution < -0.4 is 9.30 Å². The summed E-state index contributed by atoms with van der Waals surface area (Å²) < 4.78 is 165. The Balaban J connectivity index is 0.00000704. The van der Waals surface area contributed by atoms with E-state index in [2.05, 4.69) is 32.9 Å². The van der Waals surface area contributed by atoms with Gasteiger partial charge in [-0.15, -0.1) is 29.7 Å². The Morgan fingerprint density at radius 1 is 0.645 bits per heavy atom. The number of para-hydroxylation sites is 3. The van der Waals surface area contributed by atoms with Crippen LogP contribution >= 0.6 is 0 Å². The molecule has 3 aromatic heterocycles. The summed E-state index contributed by atoms with van der Waals surface area (Å²) in [7, 11) is 0. The topological polar surface area (TPSA) is 35.9 Å². The zero-order chi connectivity index (χ0) is 56.1. The van der Waals surface area contributed by atoms with Crippen molar-refractivity contribution in [1.29, 1.82) is 0 Å². The van der Waals surface area contributed by atoms with Crippen LogP contribution in [0.1, 0.15) is 75.8 Å². The molecule has 0 aliphatic carbocycles. The van der Waals surface area contributed by atoms with Gasteiger partial charge in [0, 0.05) is 79.0 Å². The maximum atomic E-state index is 9.50. The third kappa shape index (κ3) is 6.41. The number of imidazole rings is 1. The first-order chi connectivity index (χ1) is 36.6. The summed E-state index contributed by atoms with van der Waals surface area (Å²) in [5.74, 6) is 1.19. The van der Waals surface area contributed by atoms with Gasteiger partial charge < -0.3 is 9.30 Å². The van der Waals surface area contributed by atoms with Gasteiger partial charge in [-0.2, -0.15) is 16.7 Å². The molecule has 0 N–H and O–H groups in total. The summed E-state index contributed by atoms with van der Waals surface area (Å²) in [4.78, 5) is 4.78. The number of pyridine rings is 1. The van der Waals surface area contributed by atoms with Gasteiger partial charge in [0.15, 0.2) is 11.0 Å². The van der Waals surface area contributed by atoms with Crippen LogP contribution in [-0.4, -0.2) is 14.1 Å². The molecule has 0 bridgehead atoms. The summed E-state index contributed by atoms with van der Waals surface area (Å²) in [5.41, 5.74) is -3.39. The summed E-state index contributed by atoms with van der Waals surface area (Å²) in [6.45, 7) is -5.06. The van der Waals surface area contributed by atoms with Crippen molar-refractivity contribution in [3.63, 3.8) is 0 Å². The Labute approximate surface area is 401 Å². The largest absolute Gasteiger partial charge is 0.509 e. The third-order valence-electron chi connectivity index (χ3n) is 11.2. The maximum Gasteiger partial charge on any atom is 0.253 e. The molecule has 0 fully saturated rings. The van der Waals surface area contributed by atoms with Crippen LogP contribution in [0.5, 0.6) is 11.5 Å². The molecule has 1 aliphatic rings. The van der Waals surface area contributed by atoms with Gasteiger partial charge in [-0.3, -0.25) is 0 Å². The van der Waals surface area contributed by atoms with Crippen LogP contribution in [0.3, 0.4) is 0 Å². The molecular weight excluding hydrogens is 940 g/mol. The van der Waals surface area contributed by atoms with E-state index in [0.717, 1.165) is 27.9 Å². The van der Waals surface area contributed by atoms with Crippen LogP contribution in [0, 0.1) is 12.1 Å². The van der Waals surface area contributed by atoms with Crippen molar-refractivity contribution in [2.75, 3.05) is 0 Å². The Morgan fingerprint density at radius 2 is 1.31 bits per heavy atom. The van der Waals surface area contributed by atoms with Crippen molar-refractivity contribution in [3.8, 4) is 62.1 Å². The molecule has 0 radical (unpaired) electrons. The summed E-state index contributed by atoms with van der Waals surface area (Å²) in [6.07, 6.45) is 3.20. The molecule has 0 spiro atoms. The number of benzene rings is 7. The van der Waals surface area contributed by atoms with E-state index in [4.69, 9.17) is 27.5 Å². The number of aromatic nitrogens is 4. The van der Waals surface area contributed by atoms with Crippen LogP contribution in [0.15, 0.2) is 164 Å². The van der Waals surface area contributed by atoms with Gasteiger partial charge >= 0.3 is 0 Å². The predicted molar refractivity (Wildman–Crippen MR) is 248 cm³/mol. The predicted octanol–water partition coefficient (Wildman–Crippen LogP) is 13.7. The quantitative estimate of drug-likeness (QED) is 0.130. The fourth-order valence-corrected chi connectivity index (χ4v) is 8.42. The molecule has 10 aromatic rings. The average molecular weight is 1000 g/mol. The molecule has 11 rings (SSSR count). The van der Waals surface area contributed by atoms with Crippen molar-refractivity contribution in [3.05, 3.63) is 187 Å². The first kappa shape index (κ1) is 24.8. The van der Waals surface area contributed by atoms with Gasteiger partial charge in [-0.25, -0.2) is 9.55 Å². The number of ether oxygens (including phenoxy) is 1. The van der Waals surface area contributed by atoms with Gasteiger partial charge in [-0.05, 0) is 74.4 Å². The molecule has 0 saturated carbocycles. The van der Waals surface area contributed by atoms with E-state index in [1.54, 1.807) is 47.2 Å². The Bertz CT molecular complexity index is 4150. The van der Waals surface area contributed by atoms with E-state index in [-0.39, 0.29) is 71.2 Å². The molecule has 306 valence electrons. The van der Waals surface area contributed by atoms with Crippen molar-refractivity contribution in [2.45, 2.75) is 52.2 Å². The van der Waals surface area contributed by atoms with Crippen LogP contribution in [0.25, 0.3) is 83.4 Å². The van der Waals surface area contributed by atoms with E-state index in [9.17, 15) is 5.48 Å². The number of rotatable bonds is 4. The summed E-state index contributed by atoms with van der Waals surface area (Å²) in [5, 5.41) is 1.87.